The Balaban J connectivity index is 2.34. The Morgan fingerprint density at radius 2 is 2.46 bits per heavy atom. The van der Waals surface area contributed by atoms with Crippen molar-refractivity contribution in [3.8, 4) is 5.75 Å². The van der Waals surface area contributed by atoms with Crippen molar-refractivity contribution in [2.75, 3.05) is 20.3 Å². The van der Waals surface area contributed by atoms with Crippen LogP contribution in [0.1, 0.15) is 0 Å². The number of aromatic nitrogens is 1. The Bertz CT molecular complexity index is 224. The molecule has 1 heterocycles. The van der Waals surface area contributed by atoms with Gasteiger partial charge in [0.1, 0.15) is 18.5 Å². The van der Waals surface area contributed by atoms with Gasteiger partial charge >= 0.3 is 0 Å². The van der Waals surface area contributed by atoms with Crippen molar-refractivity contribution in [1.82, 2.24) is 4.98 Å². The molecule has 0 bridgehead atoms. The molecule has 0 saturated carbocycles. The lowest BCUT2D eigenvalue weighted by molar-refractivity contribution is 0.0642. The van der Waals surface area contributed by atoms with E-state index in [1.165, 1.54) is 0 Å². The third-order valence-corrected chi connectivity index (χ3v) is 1.67. The Morgan fingerprint density at radius 1 is 1.62 bits per heavy atom. The second kappa shape index (κ2) is 5.50. The molecular formula is C9H14N2O2. The molecule has 0 spiro atoms. The molecular weight excluding hydrogens is 168 g/mol. The SMILES string of the molecule is COC(CN)COc1cccnc1. The molecule has 0 aliphatic rings. The van der Waals surface area contributed by atoms with Crippen LogP contribution in [0.15, 0.2) is 24.5 Å². The summed E-state index contributed by atoms with van der Waals surface area (Å²) < 4.78 is 10.4. The normalized spacial score (nSPS) is 12.5. The van der Waals surface area contributed by atoms with Crippen molar-refractivity contribution < 1.29 is 9.47 Å². The predicted molar refractivity (Wildman–Crippen MR) is 49.6 cm³/mol. The van der Waals surface area contributed by atoms with Gasteiger partial charge in [0.2, 0.25) is 0 Å². The molecule has 4 heteroatoms. The van der Waals surface area contributed by atoms with E-state index in [1.807, 2.05) is 12.1 Å². The fourth-order valence-corrected chi connectivity index (χ4v) is 0.854. The third-order valence-electron chi connectivity index (χ3n) is 1.67. The molecule has 0 radical (unpaired) electrons. The standard InChI is InChI=1S/C9H14N2O2/c1-12-9(5-10)7-13-8-3-2-4-11-6-8/h2-4,6,9H,5,7,10H2,1H3. The lowest BCUT2D eigenvalue weighted by Gasteiger charge is -2.13. The second-order valence-electron chi connectivity index (χ2n) is 2.59. The summed E-state index contributed by atoms with van der Waals surface area (Å²) in [6, 6.07) is 3.66. The topological polar surface area (TPSA) is 57.4 Å². The Kier molecular flexibility index (Phi) is 4.21. The fraction of sp³-hybridized carbons (Fsp3) is 0.444. The summed E-state index contributed by atoms with van der Waals surface area (Å²) >= 11 is 0. The van der Waals surface area contributed by atoms with Gasteiger partial charge in [-0.15, -0.1) is 0 Å². The summed E-state index contributed by atoms with van der Waals surface area (Å²) in [7, 11) is 1.62. The minimum Gasteiger partial charge on any atom is -0.489 e. The largest absolute Gasteiger partial charge is 0.489 e. The van der Waals surface area contributed by atoms with Gasteiger partial charge in [-0.2, -0.15) is 0 Å². The van der Waals surface area contributed by atoms with E-state index in [2.05, 4.69) is 4.98 Å². The number of hydrogen-bond donors (Lipinski definition) is 1. The van der Waals surface area contributed by atoms with E-state index in [9.17, 15) is 0 Å². The average molecular weight is 182 g/mol. The summed E-state index contributed by atoms with van der Waals surface area (Å²) in [4.78, 5) is 3.92. The van der Waals surface area contributed by atoms with Crippen LogP contribution in [0.25, 0.3) is 0 Å². The van der Waals surface area contributed by atoms with Crippen LogP contribution < -0.4 is 10.5 Å². The molecule has 2 N–H and O–H groups in total. The molecule has 4 nitrogen and oxygen atoms in total. The predicted octanol–water partition coefficient (Wildman–Crippen LogP) is 0.434. The van der Waals surface area contributed by atoms with Crippen molar-refractivity contribution in [1.29, 1.82) is 0 Å². The van der Waals surface area contributed by atoms with Crippen LogP contribution >= 0.6 is 0 Å². The average Bonchev–Trinajstić information content (AvgIpc) is 2.21. The number of ether oxygens (including phenoxy) is 2. The number of methoxy groups -OCH3 is 1. The first-order chi connectivity index (χ1) is 6.36. The zero-order valence-corrected chi connectivity index (χ0v) is 7.64. The molecule has 0 saturated heterocycles. The smallest absolute Gasteiger partial charge is 0.137 e. The van der Waals surface area contributed by atoms with Gasteiger partial charge in [0.05, 0.1) is 6.20 Å². The molecule has 0 aromatic carbocycles. The van der Waals surface area contributed by atoms with E-state index in [1.54, 1.807) is 19.5 Å². The lowest BCUT2D eigenvalue weighted by Crippen LogP contribution is -2.28. The van der Waals surface area contributed by atoms with E-state index in [-0.39, 0.29) is 6.10 Å². The summed E-state index contributed by atoms with van der Waals surface area (Å²) in [6.45, 7) is 0.912. The van der Waals surface area contributed by atoms with Crippen LogP contribution in [0.4, 0.5) is 0 Å². The number of nitrogens with two attached hydrogens (primary N) is 1. The maximum absolute atomic E-state index is 5.43. The zero-order valence-electron chi connectivity index (χ0n) is 7.64. The van der Waals surface area contributed by atoms with Gasteiger partial charge in [-0.3, -0.25) is 4.98 Å². The highest BCUT2D eigenvalue weighted by molar-refractivity contribution is 5.15. The molecule has 1 rings (SSSR count). The highest BCUT2D eigenvalue weighted by Crippen LogP contribution is 2.06. The highest BCUT2D eigenvalue weighted by Gasteiger charge is 2.04. The molecule has 1 aromatic rings. The van der Waals surface area contributed by atoms with Gasteiger partial charge in [-0.1, -0.05) is 0 Å². The van der Waals surface area contributed by atoms with Gasteiger partial charge in [-0.25, -0.2) is 0 Å². The van der Waals surface area contributed by atoms with Crippen LogP contribution in [-0.4, -0.2) is 31.3 Å². The zero-order chi connectivity index (χ0) is 9.52. The van der Waals surface area contributed by atoms with E-state index in [0.29, 0.717) is 13.2 Å². The number of rotatable bonds is 5. The Hall–Kier alpha value is -1.13. The summed E-state index contributed by atoms with van der Waals surface area (Å²) in [5.41, 5.74) is 5.43. The van der Waals surface area contributed by atoms with Crippen LogP contribution in [0, 0.1) is 0 Å². The van der Waals surface area contributed by atoms with Crippen molar-refractivity contribution >= 4 is 0 Å². The monoisotopic (exact) mass is 182 g/mol. The van der Waals surface area contributed by atoms with Gasteiger partial charge in [-0.05, 0) is 12.1 Å². The number of nitrogens with zero attached hydrogens (tertiary/aromatic N) is 1. The van der Waals surface area contributed by atoms with Gasteiger partial charge < -0.3 is 15.2 Å². The van der Waals surface area contributed by atoms with Crippen LogP contribution in [0.2, 0.25) is 0 Å². The molecule has 0 aliphatic heterocycles. The van der Waals surface area contributed by atoms with Crippen molar-refractivity contribution in [2.45, 2.75) is 6.10 Å². The Labute approximate surface area is 77.7 Å². The number of hydrogen-bond acceptors (Lipinski definition) is 4. The molecule has 0 amide bonds. The molecule has 72 valence electrons. The first kappa shape index (κ1) is 9.95. The maximum Gasteiger partial charge on any atom is 0.137 e. The van der Waals surface area contributed by atoms with E-state index in [4.69, 9.17) is 15.2 Å². The van der Waals surface area contributed by atoms with Crippen molar-refractivity contribution in [2.24, 2.45) is 5.73 Å². The maximum atomic E-state index is 5.43. The Morgan fingerprint density at radius 3 is 3.00 bits per heavy atom. The molecule has 0 fully saturated rings. The molecule has 13 heavy (non-hydrogen) atoms. The quantitative estimate of drug-likeness (QED) is 0.717. The van der Waals surface area contributed by atoms with E-state index < -0.39 is 0 Å². The van der Waals surface area contributed by atoms with Crippen molar-refractivity contribution in [3.05, 3.63) is 24.5 Å². The first-order valence-corrected chi connectivity index (χ1v) is 4.12. The molecule has 0 aliphatic carbocycles. The van der Waals surface area contributed by atoms with Gasteiger partial charge in [0.15, 0.2) is 0 Å². The van der Waals surface area contributed by atoms with Crippen LogP contribution in [-0.2, 0) is 4.74 Å². The van der Waals surface area contributed by atoms with E-state index in [0.717, 1.165) is 5.75 Å². The summed E-state index contributed by atoms with van der Waals surface area (Å²) in [6.07, 6.45) is 3.30. The number of pyridine rings is 1. The second-order valence-corrected chi connectivity index (χ2v) is 2.59. The third kappa shape index (κ3) is 3.40. The van der Waals surface area contributed by atoms with Crippen LogP contribution in [0.5, 0.6) is 5.75 Å². The van der Waals surface area contributed by atoms with Crippen LogP contribution in [0.3, 0.4) is 0 Å². The first-order valence-electron chi connectivity index (χ1n) is 4.12. The minimum absolute atomic E-state index is 0.0554. The molecule has 1 atom stereocenters. The summed E-state index contributed by atoms with van der Waals surface area (Å²) in [5, 5.41) is 0. The highest BCUT2D eigenvalue weighted by atomic mass is 16.5. The fourth-order valence-electron chi connectivity index (χ4n) is 0.854. The van der Waals surface area contributed by atoms with Gasteiger partial charge in [0, 0.05) is 19.9 Å². The lowest BCUT2D eigenvalue weighted by atomic mass is 10.4. The molecule has 1 unspecified atom stereocenters. The van der Waals surface area contributed by atoms with Crippen molar-refractivity contribution in [3.63, 3.8) is 0 Å². The summed E-state index contributed by atoms with van der Waals surface area (Å²) in [5.74, 6) is 0.734. The minimum atomic E-state index is -0.0554. The van der Waals surface area contributed by atoms with E-state index >= 15 is 0 Å². The molecule has 1 aromatic heterocycles. The van der Waals surface area contributed by atoms with Gasteiger partial charge in [0.25, 0.3) is 0 Å².